The highest BCUT2D eigenvalue weighted by Crippen LogP contribution is 2.53. The molecule has 8 N–H and O–H groups in total. The molecule has 236 valence electrons. The van der Waals surface area contributed by atoms with E-state index in [1.165, 1.54) is 17.2 Å². The summed E-state index contributed by atoms with van der Waals surface area (Å²) in [5.74, 6) is -0.148. The molecule has 7 heterocycles. The van der Waals surface area contributed by atoms with E-state index >= 15 is 0 Å². The largest absolute Gasteiger partial charge is 0.472 e. The minimum Gasteiger partial charge on any atom is -0.385 e. The van der Waals surface area contributed by atoms with Crippen molar-refractivity contribution in [2.75, 3.05) is 24.4 Å². The van der Waals surface area contributed by atoms with Gasteiger partial charge in [-0.25, -0.2) is 24.5 Å². The van der Waals surface area contributed by atoms with E-state index in [0.717, 1.165) is 10.9 Å². The average molecular weight is 658 g/mol. The Morgan fingerprint density at radius 1 is 0.977 bits per heavy atom. The minimum atomic E-state index is -5.03. The number of nitrogens with zero attached hydrogens (tertiary/aromatic N) is 7. The molecular weight excluding hydrogens is 634 g/mol. The summed E-state index contributed by atoms with van der Waals surface area (Å²) in [6.45, 7) is -0.654. The predicted molar refractivity (Wildman–Crippen MR) is 142 cm³/mol. The molecule has 0 spiro atoms. The highest BCUT2D eigenvalue weighted by atomic mass is 31.2. The number of ether oxygens (including phenoxy) is 3. The van der Waals surface area contributed by atoms with Crippen molar-refractivity contribution in [2.45, 2.75) is 49.6 Å². The zero-order chi connectivity index (χ0) is 31.0. The normalized spacial score (nSPS) is 36.6. The van der Waals surface area contributed by atoms with Crippen molar-refractivity contribution in [3.63, 3.8) is 0 Å². The topological polar surface area (TPSA) is 309 Å². The summed E-state index contributed by atoms with van der Waals surface area (Å²) in [5, 5.41) is 10.9. The Morgan fingerprint density at radius 2 is 1.75 bits per heavy atom. The van der Waals surface area contributed by atoms with Crippen molar-refractivity contribution in [1.29, 1.82) is 0 Å². The lowest BCUT2D eigenvalue weighted by molar-refractivity contribution is -0.168. The monoisotopic (exact) mass is 658 g/mol. The molecule has 3 saturated heterocycles. The van der Waals surface area contributed by atoms with E-state index in [-0.39, 0.29) is 29.4 Å². The molecule has 7 rings (SSSR count). The number of aliphatic hydroxyl groups is 1. The van der Waals surface area contributed by atoms with E-state index < -0.39 is 77.1 Å². The predicted octanol–water partition coefficient (Wildman–Crippen LogP) is -1.31. The standard InChI is InChI=1S/C20H24N10O12P2/c21-14-10-15(24-3-23-14)29(4-25-10)9-1-7-8(39-9)2-38-44(35,36)42-13-12(31)19(37-6-43(33,34)41-7)40-18(13)30-5-26-11-16(30)27-20(22)28-17(11)32/h3-5,7-9,12-13,18-19,31H,1-2,6H2,(H,33,34)(H,35,36)(H2,21,23,24)(H3,22,27,28,32)/t7?,8-,9-,12?,13+,18-,19+/m1/s1. The molecule has 0 aliphatic carbocycles. The second kappa shape index (κ2) is 10.6. The first-order valence-electron chi connectivity index (χ1n) is 12.8. The Kier molecular flexibility index (Phi) is 7.06. The summed E-state index contributed by atoms with van der Waals surface area (Å²) >= 11 is 0. The first kappa shape index (κ1) is 29.3. The van der Waals surface area contributed by atoms with Gasteiger partial charge >= 0.3 is 15.4 Å². The van der Waals surface area contributed by atoms with E-state index in [4.69, 9.17) is 39.2 Å². The number of nitrogen functional groups attached to an aromatic ring is 2. The van der Waals surface area contributed by atoms with E-state index in [2.05, 4.69) is 29.9 Å². The highest BCUT2D eigenvalue weighted by Gasteiger charge is 2.52. The SMILES string of the molecule is Nc1nc2c(ncn2[C@@H]2O[C@@H]3OCP(=O)(O)OC4C[C@H](n5cnc6c(N)ncnc65)O[C@@H]4COP(=O)(O)O[C@H]2C3O)c(=O)[nH]1. The lowest BCUT2D eigenvalue weighted by Crippen LogP contribution is -2.35. The number of imidazole rings is 2. The van der Waals surface area contributed by atoms with Crippen molar-refractivity contribution in [3.8, 4) is 0 Å². The van der Waals surface area contributed by atoms with Gasteiger partial charge in [0, 0.05) is 6.42 Å². The fourth-order valence-corrected chi connectivity index (χ4v) is 7.17. The van der Waals surface area contributed by atoms with Crippen molar-refractivity contribution < 1.29 is 51.8 Å². The number of fused-ring (bicyclic) bond motifs is 5. The Morgan fingerprint density at radius 3 is 2.57 bits per heavy atom. The van der Waals surface area contributed by atoms with Crippen molar-refractivity contribution in [3.05, 3.63) is 29.3 Å². The Labute approximate surface area is 244 Å². The van der Waals surface area contributed by atoms with Gasteiger partial charge in [-0.3, -0.25) is 32.5 Å². The number of phosphoric ester groups is 1. The number of nitrogens with one attached hydrogen (secondary N) is 1. The molecule has 24 heteroatoms. The van der Waals surface area contributed by atoms with Gasteiger partial charge in [0.25, 0.3) is 5.56 Å². The van der Waals surface area contributed by atoms with Gasteiger partial charge in [-0.15, -0.1) is 0 Å². The van der Waals surface area contributed by atoms with Crippen LogP contribution in [-0.4, -0.2) is 97.6 Å². The van der Waals surface area contributed by atoms with Gasteiger partial charge in [0.05, 0.1) is 19.3 Å². The fourth-order valence-electron chi connectivity index (χ4n) is 5.20. The highest BCUT2D eigenvalue weighted by molar-refractivity contribution is 7.52. The third kappa shape index (κ3) is 5.18. The lowest BCUT2D eigenvalue weighted by atomic mass is 10.2. The van der Waals surface area contributed by atoms with E-state index in [1.54, 1.807) is 0 Å². The molecule has 3 fully saturated rings. The molecule has 0 amide bonds. The summed E-state index contributed by atoms with van der Waals surface area (Å²) < 4.78 is 62.0. The van der Waals surface area contributed by atoms with Crippen molar-refractivity contribution in [2.24, 2.45) is 0 Å². The molecule has 4 aromatic rings. The Bertz CT molecular complexity index is 1900. The van der Waals surface area contributed by atoms with E-state index in [9.17, 15) is 28.8 Å². The molecule has 3 aliphatic heterocycles. The maximum Gasteiger partial charge on any atom is 0.472 e. The lowest BCUT2D eigenvalue weighted by Gasteiger charge is -2.25. The first-order chi connectivity index (χ1) is 20.9. The second-order valence-corrected chi connectivity index (χ2v) is 13.2. The number of anilines is 2. The summed E-state index contributed by atoms with van der Waals surface area (Å²) in [5.41, 5.74) is 11.2. The van der Waals surface area contributed by atoms with E-state index in [0.29, 0.717) is 11.2 Å². The molecule has 0 saturated carbocycles. The molecule has 4 aromatic heterocycles. The van der Waals surface area contributed by atoms with Crippen LogP contribution in [0.3, 0.4) is 0 Å². The third-order valence-electron chi connectivity index (χ3n) is 7.13. The summed E-state index contributed by atoms with van der Waals surface area (Å²) in [4.78, 5) is 56.1. The summed E-state index contributed by atoms with van der Waals surface area (Å²) in [6.07, 6.45) is -7.19. The summed E-state index contributed by atoms with van der Waals surface area (Å²) in [7, 11) is -9.62. The first-order valence-corrected chi connectivity index (χ1v) is 16.1. The van der Waals surface area contributed by atoms with Gasteiger partial charge < -0.3 is 45.1 Å². The van der Waals surface area contributed by atoms with Crippen LogP contribution in [0.5, 0.6) is 0 Å². The van der Waals surface area contributed by atoms with Gasteiger partial charge in [0.2, 0.25) is 5.95 Å². The number of H-pyrrole nitrogens is 1. The number of aromatic nitrogens is 8. The van der Waals surface area contributed by atoms with Crippen LogP contribution in [0.1, 0.15) is 18.9 Å². The molecule has 22 nitrogen and oxygen atoms in total. The van der Waals surface area contributed by atoms with Crippen LogP contribution in [0.15, 0.2) is 23.8 Å². The van der Waals surface area contributed by atoms with Crippen LogP contribution < -0.4 is 17.0 Å². The van der Waals surface area contributed by atoms with Crippen LogP contribution in [0, 0.1) is 0 Å². The Balaban J connectivity index is 1.19. The third-order valence-corrected chi connectivity index (χ3v) is 9.19. The van der Waals surface area contributed by atoms with Gasteiger partial charge in [-0.05, 0) is 0 Å². The quantitative estimate of drug-likeness (QED) is 0.136. The van der Waals surface area contributed by atoms with Crippen LogP contribution >= 0.6 is 15.4 Å². The van der Waals surface area contributed by atoms with Crippen LogP contribution in [0.25, 0.3) is 22.3 Å². The zero-order valence-electron chi connectivity index (χ0n) is 22.1. The molecular formula is C20H24N10O12P2. The van der Waals surface area contributed by atoms with Crippen LogP contribution in [-0.2, 0) is 36.9 Å². The number of nitrogens with two attached hydrogens (primary N) is 2. The molecule has 4 unspecified atom stereocenters. The fraction of sp³-hybridized carbons (Fsp3) is 0.500. The van der Waals surface area contributed by atoms with Crippen molar-refractivity contribution >= 4 is 49.5 Å². The molecule has 9 atom stereocenters. The minimum absolute atomic E-state index is 0.0409. The number of aliphatic hydroxyl groups excluding tert-OH is 1. The van der Waals surface area contributed by atoms with Gasteiger partial charge in [-0.2, -0.15) is 4.98 Å². The van der Waals surface area contributed by atoms with E-state index in [1.807, 2.05) is 0 Å². The van der Waals surface area contributed by atoms with Crippen molar-refractivity contribution in [1.82, 2.24) is 39.0 Å². The Hall–Kier alpha value is -3.40. The number of phosphoric acid groups is 1. The van der Waals surface area contributed by atoms with Crippen LogP contribution in [0.2, 0.25) is 0 Å². The molecule has 3 aliphatic rings. The molecule has 2 bridgehead atoms. The average Bonchev–Trinajstić information content (AvgIpc) is 3.72. The number of hydrogen-bond acceptors (Lipinski definition) is 17. The maximum absolute atomic E-state index is 13.2. The maximum atomic E-state index is 13.2. The zero-order valence-corrected chi connectivity index (χ0v) is 23.9. The number of hydrogen-bond donors (Lipinski definition) is 6. The number of rotatable bonds is 2. The molecule has 0 radical (unpaired) electrons. The van der Waals surface area contributed by atoms with Gasteiger partial charge in [-0.1, -0.05) is 0 Å². The molecule has 0 aromatic carbocycles. The van der Waals surface area contributed by atoms with Crippen LogP contribution in [0.4, 0.5) is 11.8 Å². The molecule has 44 heavy (non-hydrogen) atoms. The second-order valence-electron chi connectivity index (χ2n) is 10.0. The summed E-state index contributed by atoms with van der Waals surface area (Å²) in [6, 6.07) is 0. The van der Waals surface area contributed by atoms with Gasteiger partial charge in [0.15, 0.2) is 41.5 Å². The smallest absolute Gasteiger partial charge is 0.385 e. The van der Waals surface area contributed by atoms with Gasteiger partial charge in [0.1, 0.15) is 42.5 Å². The number of aromatic amines is 1.